The second-order valence-corrected chi connectivity index (χ2v) is 8.74. The number of nitrogens with one attached hydrogen (secondary N) is 1. The molecule has 0 aliphatic carbocycles. The fourth-order valence-corrected chi connectivity index (χ4v) is 6.41. The van der Waals surface area contributed by atoms with Crippen molar-refractivity contribution in [3.63, 3.8) is 0 Å². The summed E-state index contributed by atoms with van der Waals surface area (Å²) >= 11 is 4.22. The molecule has 0 spiro atoms. The van der Waals surface area contributed by atoms with Crippen molar-refractivity contribution in [2.24, 2.45) is 0 Å². The molecular weight excluding hydrogens is 430 g/mol. The minimum Gasteiger partial charge on any atom is -0.474 e. The number of amides is 2. The summed E-state index contributed by atoms with van der Waals surface area (Å²) in [5, 5.41) is 19.0. The molecule has 3 heterocycles. The molecule has 12 heteroatoms. The van der Waals surface area contributed by atoms with E-state index in [1.54, 1.807) is 24.3 Å². The maximum Gasteiger partial charge on any atom is 0.393 e. The van der Waals surface area contributed by atoms with Gasteiger partial charge in [0.1, 0.15) is 11.6 Å². The van der Waals surface area contributed by atoms with Gasteiger partial charge in [0.05, 0.1) is 35.4 Å². The zero-order valence-corrected chi connectivity index (χ0v) is 17.3. The number of quaternary nitrogens is 1. The van der Waals surface area contributed by atoms with E-state index in [9.17, 15) is 23.7 Å². The van der Waals surface area contributed by atoms with E-state index in [1.165, 1.54) is 17.1 Å². The van der Waals surface area contributed by atoms with E-state index in [4.69, 9.17) is 0 Å². The van der Waals surface area contributed by atoms with Crippen LogP contribution in [0.2, 0.25) is 0 Å². The van der Waals surface area contributed by atoms with Crippen LogP contribution < -0.4 is 5.32 Å². The molecule has 30 heavy (non-hydrogen) atoms. The molecule has 0 saturated carbocycles. The molecule has 0 radical (unpaired) electrons. The lowest BCUT2D eigenvalue weighted by Gasteiger charge is -2.53. The van der Waals surface area contributed by atoms with Gasteiger partial charge >= 0.3 is 11.9 Å². The molecule has 2 aromatic rings. The van der Waals surface area contributed by atoms with Crippen molar-refractivity contribution in [2.75, 3.05) is 11.6 Å². The van der Waals surface area contributed by atoms with Crippen molar-refractivity contribution in [1.82, 2.24) is 20.3 Å². The fraction of sp³-hybridized carbons (Fsp3) is 0.278. The van der Waals surface area contributed by atoms with Gasteiger partial charge in [-0.25, -0.2) is 14.3 Å². The van der Waals surface area contributed by atoms with E-state index in [1.807, 2.05) is 6.07 Å². The van der Waals surface area contributed by atoms with E-state index < -0.39 is 44.5 Å². The summed E-state index contributed by atoms with van der Waals surface area (Å²) in [4.78, 5) is 37.7. The third kappa shape index (κ3) is 3.07. The molecule has 156 valence electrons. The molecule has 2 N–H and O–H groups in total. The number of aromatic nitrogens is 3. The quantitative estimate of drug-likeness (QED) is 0.311. The van der Waals surface area contributed by atoms with Gasteiger partial charge in [0.15, 0.2) is 0 Å². The van der Waals surface area contributed by atoms with Crippen LogP contribution >= 0.6 is 12.6 Å². The van der Waals surface area contributed by atoms with Gasteiger partial charge in [-0.3, -0.25) is 9.00 Å². The van der Waals surface area contributed by atoms with Gasteiger partial charge in [-0.1, -0.05) is 35.5 Å². The Bertz CT molecular complexity index is 1070. The molecule has 1 saturated heterocycles. The molecule has 10 nitrogen and oxygen atoms in total. The lowest BCUT2D eigenvalue weighted by atomic mass is 9.99. The molecule has 2 aliphatic rings. The number of benzene rings is 1. The summed E-state index contributed by atoms with van der Waals surface area (Å²) in [6, 6.07) is 7.93. The number of aliphatic carboxylic acids is 1. The number of hydrogen-bond acceptors (Lipinski definition) is 7. The van der Waals surface area contributed by atoms with E-state index in [0.29, 0.717) is 0 Å². The molecular formula is C18H18N5O5S2+. The maximum absolute atomic E-state index is 13.1. The van der Waals surface area contributed by atoms with Gasteiger partial charge in [-0.05, 0) is 5.56 Å². The number of carboxylic acid groups (broad SMARTS) is 1. The molecule has 2 amide bonds. The minimum absolute atomic E-state index is 0.0523. The fourth-order valence-electron chi connectivity index (χ4n) is 3.96. The summed E-state index contributed by atoms with van der Waals surface area (Å²) < 4.78 is 13.5. The largest absolute Gasteiger partial charge is 0.474 e. The Labute approximate surface area is 179 Å². The standard InChI is InChI=1S/C18H17N5O5S2/c24-13(8-11-4-2-1-3-5-11)20-14-16(25)23(10-29)15(18(26)27)12(9-30(28)17(14)23)22-7-6-19-21-22/h1-7,14,17H,8-10H2,(H2-,20,24,26,27,29)/p+1/t14?,17-,23?,30?/m0/s1. The van der Waals surface area contributed by atoms with E-state index >= 15 is 0 Å². The lowest BCUT2D eigenvalue weighted by molar-refractivity contribution is -0.841. The smallest absolute Gasteiger partial charge is 0.393 e. The molecule has 1 aromatic carbocycles. The van der Waals surface area contributed by atoms with E-state index in [-0.39, 0.29) is 29.4 Å². The second-order valence-electron chi connectivity index (χ2n) is 6.92. The average molecular weight is 449 g/mol. The van der Waals surface area contributed by atoms with Crippen LogP contribution in [-0.2, 0) is 31.6 Å². The molecule has 4 atom stereocenters. The Balaban J connectivity index is 1.67. The molecule has 1 fully saturated rings. The van der Waals surface area contributed by atoms with Gasteiger partial charge < -0.3 is 10.4 Å². The zero-order chi connectivity index (χ0) is 21.5. The molecule has 1 aromatic heterocycles. The monoisotopic (exact) mass is 448 g/mol. The minimum atomic E-state index is -1.66. The summed E-state index contributed by atoms with van der Waals surface area (Å²) in [5.74, 6) is -2.66. The van der Waals surface area contributed by atoms with Gasteiger partial charge in [-0.15, -0.1) is 17.7 Å². The number of carboxylic acids is 1. The van der Waals surface area contributed by atoms with E-state index in [0.717, 1.165) is 5.56 Å². The van der Waals surface area contributed by atoms with Crippen LogP contribution in [0, 0.1) is 0 Å². The Morgan fingerprint density at radius 2 is 2.07 bits per heavy atom. The molecule has 3 unspecified atom stereocenters. The first kappa shape index (κ1) is 20.4. The van der Waals surface area contributed by atoms with Crippen LogP contribution in [0.25, 0.3) is 5.70 Å². The number of β-lactam (4-membered cyclic amide) rings is 1. The molecule has 2 aliphatic heterocycles. The highest BCUT2D eigenvalue weighted by Crippen LogP contribution is 2.44. The highest BCUT2D eigenvalue weighted by molar-refractivity contribution is 7.86. The Hall–Kier alpha value is -2.83. The predicted octanol–water partition coefficient (Wildman–Crippen LogP) is -0.408. The summed E-state index contributed by atoms with van der Waals surface area (Å²) in [6.45, 7) is 0. The Kier molecular flexibility index (Phi) is 5.30. The van der Waals surface area contributed by atoms with Crippen molar-refractivity contribution in [1.29, 1.82) is 0 Å². The zero-order valence-electron chi connectivity index (χ0n) is 15.5. The average Bonchev–Trinajstić information content (AvgIpc) is 3.26. The number of carbonyl (C=O) groups is 3. The van der Waals surface area contributed by atoms with Crippen molar-refractivity contribution >= 4 is 46.9 Å². The van der Waals surface area contributed by atoms with Crippen LogP contribution in [0.4, 0.5) is 0 Å². The van der Waals surface area contributed by atoms with Crippen LogP contribution in [-0.4, -0.2) is 69.6 Å². The Morgan fingerprint density at radius 3 is 2.67 bits per heavy atom. The number of fused-ring (bicyclic) bond motifs is 1. The predicted molar refractivity (Wildman–Crippen MR) is 109 cm³/mol. The topological polar surface area (TPSA) is 131 Å². The first-order valence-electron chi connectivity index (χ1n) is 8.97. The second kappa shape index (κ2) is 7.78. The van der Waals surface area contributed by atoms with Gasteiger partial charge in [0, 0.05) is 0 Å². The third-order valence-corrected chi connectivity index (χ3v) is 7.42. The SMILES string of the molecule is O=C(Cc1ccccc1)NC1C(=O)[N+]2(CS)C(C(=O)O)=C(n3ccnn3)CS(=O)[C@@H]12. The van der Waals surface area contributed by atoms with Crippen LogP contribution in [0.3, 0.4) is 0 Å². The summed E-state index contributed by atoms with van der Waals surface area (Å²) in [6.07, 6.45) is 2.84. The number of carbonyl (C=O) groups excluding carboxylic acids is 2. The first-order valence-corrected chi connectivity index (χ1v) is 11.0. The number of thiol groups is 1. The van der Waals surface area contributed by atoms with Crippen molar-refractivity contribution in [3.8, 4) is 0 Å². The van der Waals surface area contributed by atoms with Crippen LogP contribution in [0.15, 0.2) is 48.4 Å². The number of hydrogen-bond donors (Lipinski definition) is 3. The van der Waals surface area contributed by atoms with E-state index in [2.05, 4.69) is 28.3 Å². The third-order valence-electron chi connectivity index (χ3n) is 5.25. The summed E-state index contributed by atoms with van der Waals surface area (Å²) in [7, 11) is -1.66. The highest BCUT2D eigenvalue weighted by Gasteiger charge is 2.72. The van der Waals surface area contributed by atoms with Crippen LogP contribution in [0.5, 0.6) is 0 Å². The van der Waals surface area contributed by atoms with Crippen molar-refractivity contribution in [2.45, 2.75) is 17.8 Å². The Morgan fingerprint density at radius 1 is 1.33 bits per heavy atom. The molecule has 0 bridgehead atoms. The number of nitrogens with zero attached hydrogens (tertiary/aromatic N) is 4. The first-order chi connectivity index (χ1) is 14.4. The van der Waals surface area contributed by atoms with Crippen molar-refractivity contribution in [3.05, 3.63) is 54.0 Å². The highest BCUT2D eigenvalue weighted by atomic mass is 32.2. The van der Waals surface area contributed by atoms with Gasteiger partial charge in [0.25, 0.3) is 5.70 Å². The van der Waals surface area contributed by atoms with Crippen LogP contribution in [0.1, 0.15) is 5.56 Å². The number of rotatable bonds is 6. The van der Waals surface area contributed by atoms with Crippen molar-refractivity contribution < 1.29 is 28.2 Å². The van der Waals surface area contributed by atoms with Gasteiger partial charge in [0.2, 0.25) is 17.3 Å². The summed E-state index contributed by atoms with van der Waals surface area (Å²) in [5.41, 5.74) is 0.630. The maximum atomic E-state index is 13.1. The van der Waals surface area contributed by atoms with Gasteiger partial charge in [-0.2, -0.15) is 4.48 Å². The molecule has 4 rings (SSSR count). The normalized spacial score (nSPS) is 27.9. The lowest BCUT2D eigenvalue weighted by Crippen LogP contribution is -2.83.